The fourth-order valence-corrected chi connectivity index (χ4v) is 1.94. The van der Waals surface area contributed by atoms with Gasteiger partial charge < -0.3 is 9.88 Å². The Labute approximate surface area is 89.8 Å². The number of rotatable bonds is 2. The molecule has 0 spiro atoms. The normalized spacial score (nSPS) is 21.0. The lowest BCUT2D eigenvalue weighted by molar-refractivity contribution is -0.117. The number of nitrogens with one attached hydrogen (secondary N) is 1. The van der Waals surface area contributed by atoms with Gasteiger partial charge in [-0.15, -0.1) is 0 Å². The van der Waals surface area contributed by atoms with Crippen molar-refractivity contribution in [3.8, 4) is 0 Å². The van der Waals surface area contributed by atoms with Gasteiger partial charge in [-0.3, -0.25) is 4.79 Å². The Hall–Kier alpha value is -1.51. The highest BCUT2D eigenvalue weighted by atomic mass is 16.2. The van der Waals surface area contributed by atoms with Crippen LogP contribution >= 0.6 is 0 Å². The van der Waals surface area contributed by atoms with Crippen LogP contribution in [0.25, 0.3) is 0 Å². The molecule has 1 aromatic rings. The monoisotopic (exact) mass is 204 g/mol. The molecule has 3 nitrogen and oxygen atoms in total. The molecule has 0 aliphatic carbocycles. The van der Waals surface area contributed by atoms with Gasteiger partial charge in [0, 0.05) is 30.9 Å². The molecular weight excluding hydrogens is 188 g/mol. The van der Waals surface area contributed by atoms with Crippen molar-refractivity contribution < 1.29 is 4.79 Å². The molecule has 1 aromatic heterocycles. The lowest BCUT2D eigenvalue weighted by atomic mass is 10.0. The Morgan fingerprint density at radius 3 is 2.67 bits per heavy atom. The molecule has 80 valence electrons. The molecule has 15 heavy (non-hydrogen) atoms. The predicted octanol–water partition coefficient (Wildman–Crippen LogP) is 1.40. The summed E-state index contributed by atoms with van der Waals surface area (Å²) >= 11 is 0. The molecule has 0 bridgehead atoms. The van der Waals surface area contributed by atoms with Crippen molar-refractivity contribution in [1.82, 2.24) is 9.88 Å². The average molecular weight is 204 g/mol. The minimum absolute atomic E-state index is 0.0757. The standard InChI is InChI=1S/C12H16N2O/c1-8-9(2)12(15)13-11(8)7-10-5-4-6-14(10)3/h4-6,11H,7H2,1-3H3,(H,13,15). The zero-order valence-corrected chi connectivity index (χ0v) is 9.37. The molecule has 0 saturated carbocycles. The van der Waals surface area contributed by atoms with Crippen molar-refractivity contribution in [1.29, 1.82) is 0 Å². The first kappa shape index (κ1) is 10.0. The van der Waals surface area contributed by atoms with E-state index < -0.39 is 0 Å². The van der Waals surface area contributed by atoms with Crippen molar-refractivity contribution in [2.24, 2.45) is 7.05 Å². The first-order valence-electron chi connectivity index (χ1n) is 5.18. The maximum absolute atomic E-state index is 11.4. The quantitative estimate of drug-likeness (QED) is 0.776. The molecule has 1 unspecified atom stereocenters. The molecule has 2 rings (SSSR count). The van der Waals surface area contributed by atoms with Crippen LogP contribution in [0.3, 0.4) is 0 Å². The van der Waals surface area contributed by atoms with E-state index in [9.17, 15) is 4.79 Å². The summed E-state index contributed by atoms with van der Waals surface area (Å²) in [6, 6.07) is 4.29. The number of hydrogen-bond acceptors (Lipinski definition) is 1. The molecule has 0 aromatic carbocycles. The van der Waals surface area contributed by atoms with Crippen LogP contribution in [-0.2, 0) is 18.3 Å². The molecule has 0 radical (unpaired) electrons. The van der Waals surface area contributed by atoms with Crippen LogP contribution < -0.4 is 5.32 Å². The van der Waals surface area contributed by atoms with Crippen molar-refractivity contribution in [2.75, 3.05) is 0 Å². The van der Waals surface area contributed by atoms with Crippen LogP contribution in [-0.4, -0.2) is 16.5 Å². The third-order valence-electron chi connectivity index (χ3n) is 3.22. The van der Waals surface area contributed by atoms with Gasteiger partial charge in [-0.1, -0.05) is 0 Å². The Morgan fingerprint density at radius 2 is 2.20 bits per heavy atom. The summed E-state index contributed by atoms with van der Waals surface area (Å²) in [4.78, 5) is 11.4. The average Bonchev–Trinajstić information content (AvgIpc) is 2.69. The van der Waals surface area contributed by atoms with Gasteiger partial charge in [-0.25, -0.2) is 0 Å². The molecular formula is C12H16N2O. The Balaban J connectivity index is 2.16. The van der Waals surface area contributed by atoms with E-state index in [0.29, 0.717) is 0 Å². The second kappa shape index (κ2) is 3.57. The fraction of sp³-hybridized carbons (Fsp3) is 0.417. The molecule has 1 amide bonds. The highest BCUT2D eigenvalue weighted by Gasteiger charge is 2.26. The zero-order chi connectivity index (χ0) is 11.0. The Kier molecular flexibility index (Phi) is 2.39. The minimum atomic E-state index is 0.0757. The largest absolute Gasteiger partial charge is 0.354 e. The third-order valence-corrected chi connectivity index (χ3v) is 3.22. The smallest absolute Gasteiger partial charge is 0.247 e. The Bertz CT molecular complexity index is 429. The summed E-state index contributed by atoms with van der Waals surface area (Å²) in [5.41, 5.74) is 3.28. The van der Waals surface area contributed by atoms with Crippen LogP contribution in [0.5, 0.6) is 0 Å². The minimum Gasteiger partial charge on any atom is -0.354 e. The van der Waals surface area contributed by atoms with Crippen molar-refractivity contribution >= 4 is 5.91 Å². The van der Waals surface area contributed by atoms with E-state index in [0.717, 1.165) is 12.0 Å². The van der Waals surface area contributed by atoms with Crippen molar-refractivity contribution in [3.63, 3.8) is 0 Å². The van der Waals surface area contributed by atoms with Crippen LogP contribution in [0, 0.1) is 0 Å². The van der Waals surface area contributed by atoms with Gasteiger partial charge in [0.1, 0.15) is 0 Å². The van der Waals surface area contributed by atoms with E-state index in [1.807, 2.05) is 33.2 Å². The first-order chi connectivity index (χ1) is 7.09. The summed E-state index contributed by atoms with van der Waals surface area (Å²) in [6.07, 6.45) is 2.90. The lowest BCUT2D eigenvalue weighted by Crippen LogP contribution is -2.30. The van der Waals surface area contributed by atoms with Gasteiger partial charge in [0.25, 0.3) is 0 Å². The number of carbonyl (C=O) groups excluding carboxylic acids is 1. The highest BCUT2D eigenvalue weighted by molar-refractivity contribution is 5.96. The number of nitrogens with zero attached hydrogens (tertiary/aromatic N) is 1. The number of aromatic nitrogens is 1. The maximum Gasteiger partial charge on any atom is 0.247 e. The second-order valence-electron chi connectivity index (χ2n) is 4.15. The van der Waals surface area contributed by atoms with Gasteiger partial charge in [-0.2, -0.15) is 0 Å². The predicted molar refractivity (Wildman–Crippen MR) is 59.4 cm³/mol. The molecule has 3 heteroatoms. The van der Waals surface area contributed by atoms with E-state index in [2.05, 4.69) is 16.0 Å². The van der Waals surface area contributed by atoms with Crippen LogP contribution in [0.1, 0.15) is 19.5 Å². The summed E-state index contributed by atoms with van der Waals surface area (Å²) in [7, 11) is 2.03. The summed E-state index contributed by atoms with van der Waals surface area (Å²) in [6.45, 7) is 3.91. The summed E-state index contributed by atoms with van der Waals surface area (Å²) < 4.78 is 2.09. The van der Waals surface area contributed by atoms with Gasteiger partial charge in [0.2, 0.25) is 5.91 Å². The van der Waals surface area contributed by atoms with Crippen molar-refractivity contribution in [3.05, 3.63) is 35.2 Å². The van der Waals surface area contributed by atoms with E-state index in [-0.39, 0.29) is 11.9 Å². The van der Waals surface area contributed by atoms with E-state index >= 15 is 0 Å². The van der Waals surface area contributed by atoms with Gasteiger partial charge in [0.05, 0.1) is 6.04 Å². The van der Waals surface area contributed by atoms with Gasteiger partial charge >= 0.3 is 0 Å². The van der Waals surface area contributed by atoms with Gasteiger partial charge in [-0.05, 0) is 31.6 Å². The fourth-order valence-electron chi connectivity index (χ4n) is 1.94. The number of carbonyl (C=O) groups is 1. The molecule has 2 heterocycles. The first-order valence-corrected chi connectivity index (χ1v) is 5.18. The van der Waals surface area contributed by atoms with Crippen molar-refractivity contribution in [2.45, 2.75) is 26.3 Å². The number of hydrogen-bond donors (Lipinski definition) is 1. The molecule has 1 atom stereocenters. The van der Waals surface area contributed by atoms with E-state index in [1.54, 1.807) is 0 Å². The molecule has 1 N–H and O–H groups in total. The third kappa shape index (κ3) is 1.69. The molecule has 1 aliphatic heterocycles. The number of amides is 1. The van der Waals surface area contributed by atoms with Crippen LogP contribution in [0.4, 0.5) is 0 Å². The summed E-state index contributed by atoms with van der Waals surface area (Å²) in [5.74, 6) is 0.0757. The maximum atomic E-state index is 11.4. The SMILES string of the molecule is CC1=C(C)C(Cc2cccn2C)NC1=O. The molecule has 0 saturated heterocycles. The van der Waals surface area contributed by atoms with Gasteiger partial charge in [0.15, 0.2) is 0 Å². The van der Waals surface area contributed by atoms with Crippen LogP contribution in [0.2, 0.25) is 0 Å². The zero-order valence-electron chi connectivity index (χ0n) is 9.37. The van der Waals surface area contributed by atoms with Crippen LogP contribution in [0.15, 0.2) is 29.5 Å². The van der Waals surface area contributed by atoms with E-state index in [4.69, 9.17) is 0 Å². The second-order valence-corrected chi connectivity index (χ2v) is 4.15. The highest BCUT2D eigenvalue weighted by Crippen LogP contribution is 2.19. The summed E-state index contributed by atoms with van der Waals surface area (Å²) in [5, 5.41) is 2.99. The number of aryl methyl sites for hydroxylation is 1. The lowest BCUT2D eigenvalue weighted by Gasteiger charge is -2.13. The molecule has 1 aliphatic rings. The topological polar surface area (TPSA) is 34.0 Å². The molecule has 0 fully saturated rings. The Morgan fingerprint density at radius 1 is 1.47 bits per heavy atom. The van der Waals surface area contributed by atoms with E-state index in [1.165, 1.54) is 11.3 Å².